The van der Waals surface area contributed by atoms with Crippen LogP contribution >= 0.6 is 0 Å². The number of nitrogens with zero attached hydrogens (tertiary/aromatic N) is 6. The van der Waals surface area contributed by atoms with Crippen molar-refractivity contribution in [3.05, 3.63) is 111 Å². The van der Waals surface area contributed by atoms with Gasteiger partial charge >= 0.3 is 0 Å². The average molecular weight is 725 g/mol. The minimum absolute atomic E-state index is 0.0739. The van der Waals surface area contributed by atoms with Crippen LogP contribution in [0, 0.1) is 16.0 Å². The van der Waals surface area contributed by atoms with Crippen molar-refractivity contribution in [1.29, 1.82) is 0 Å². The molecular formula is C38H44N6O7Si. The zero-order valence-electron chi connectivity index (χ0n) is 29.6. The lowest BCUT2D eigenvalue weighted by Crippen LogP contribution is -2.46. The van der Waals surface area contributed by atoms with Crippen LogP contribution in [0.4, 0.5) is 17.1 Å². The van der Waals surface area contributed by atoms with E-state index in [1.165, 1.54) is 12.1 Å². The van der Waals surface area contributed by atoms with E-state index in [-0.39, 0.29) is 36.6 Å². The van der Waals surface area contributed by atoms with Gasteiger partial charge in [-0.15, -0.1) is 5.10 Å². The van der Waals surface area contributed by atoms with Crippen LogP contribution in [0.5, 0.6) is 0 Å². The molecule has 14 heteroatoms. The molecule has 0 bridgehead atoms. The number of carbonyl (C=O) groups is 2. The fourth-order valence-electron chi connectivity index (χ4n) is 8.59. The summed E-state index contributed by atoms with van der Waals surface area (Å²) in [4.78, 5) is 54.3. The van der Waals surface area contributed by atoms with Crippen LogP contribution in [0.3, 0.4) is 0 Å². The van der Waals surface area contributed by atoms with Crippen molar-refractivity contribution in [1.82, 2.24) is 15.0 Å². The number of amides is 2. The first-order valence-corrected chi connectivity index (χ1v) is 20.9. The van der Waals surface area contributed by atoms with E-state index >= 15 is 0 Å². The second-order valence-corrected chi connectivity index (χ2v) is 18.7. The standard InChI is InChI=1S/C38H44N6O7Si/c1-25-36(52(2,3)50)34(17-19-41-23-32(39-40-41)30(24-45)27-11-5-4-6-12-27)51-38(25)31-21-29(44(48)49)15-16-33(31)43(37(38)47)22-26-10-9-13-28(20-26)42-18-8-7-14-35(42)46/h4-6,9-13,15-16,20-21,23,25,30,34,36,45,50H,7-8,14,17-19,22,24H2,1-3H3/t25-,30?,34+,36-,38+/m0/s1. The van der Waals surface area contributed by atoms with E-state index in [2.05, 4.69) is 10.3 Å². The van der Waals surface area contributed by atoms with Crippen molar-refractivity contribution in [2.24, 2.45) is 5.92 Å². The number of carbonyl (C=O) groups excluding carboxylic acids is 2. The monoisotopic (exact) mass is 724 g/mol. The highest BCUT2D eigenvalue weighted by molar-refractivity contribution is 6.71. The molecule has 272 valence electrons. The van der Waals surface area contributed by atoms with E-state index in [4.69, 9.17) is 4.74 Å². The molecule has 13 nitrogen and oxygen atoms in total. The number of nitro benzene ring substituents is 1. The number of ether oxygens (including phenoxy) is 1. The second kappa shape index (κ2) is 14.0. The van der Waals surface area contributed by atoms with Gasteiger partial charge in [-0.05, 0) is 61.7 Å². The van der Waals surface area contributed by atoms with Crippen molar-refractivity contribution >= 4 is 37.2 Å². The van der Waals surface area contributed by atoms with Gasteiger partial charge in [-0.25, -0.2) is 0 Å². The van der Waals surface area contributed by atoms with Gasteiger partial charge in [-0.3, -0.25) is 24.4 Å². The summed E-state index contributed by atoms with van der Waals surface area (Å²) in [6.45, 7) is 6.62. The zero-order valence-corrected chi connectivity index (χ0v) is 30.6. The zero-order chi connectivity index (χ0) is 36.8. The van der Waals surface area contributed by atoms with Crippen LogP contribution in [0.2, 0.25) is 18.6 Å². The number of hydrogen-bond acceptors (Lipinski definition) is 9. The normalized spacial score (nSPS) is 23.8. The Labute approximate surface area is 303 Å². The molecule has 2 saturated heterocycles. The molecule has 1 aromatic heterocycles. The maximum absolute atomic E-state index is 14.9. The van der Waals surface area contributed by atoms with E-state index in [9.17, 15) is 29.6 Å². The number of aryl methyl sites for hydroxylation is 1. The fourth-order valence-corrected chi connectivity index (χ4v) is 11.2. The summed E-state index contributed by atoms with van der Waals surface area (Å²) in [5.41, 5.74) is 1.96. The molecule has 3 aromatic carbocycles. The Morgan fingerprint density at radius 1 is 1.08 bits per heavy atom. The molecule has 3 aliphatic heterocycles. The Hall–Kier alpha value is -4.76. The predicted molar refractivity (Wildman–Crippen MR) is 196 cm³/mol. The number of nitro groups is 1. The molecular weight excluding hydrogens is 681 g/mol. The highest BCUT2D eigenvalue weighted by Gasteiger charge is 2.66. The molecule has 5 atom stereocenters. The number of piperidine rings is 1. The molecule has 4 aromatic rings. The Balaban J connectivity index is 1.20. The number of fused-ring (bicyclic) bond motifs is 2. The maximum Gasteiger partial charge on any atom is 0.269 e. The molecule has 4 heterocycles. The van der Waals surface area contributed by atoms with Gasteiger partial charge in [0.05, 0.1) is 41.5 Å². The highest BCUT2D eigenvalue weighted by Crippen LogP contribution is 2.60. The molecule has 52 heavy (non-hydrogen) atoms. The maximum atomic E-state index is 14.9. The first kappa shape index (κ1) is 35.6. The van der Waals surface area contributed by atoms with Crippen molar-refractivity contribution in [3.63, 3.8) is 0 Å². The molecule has 0 radical (unpaired) electrons. The van der Waals surface area contributed by atoms with Crippen molar-refractivity contribution in [3.8, 4) is 0 Å². The van der Waals surface area contributed by atoms with E-state index in [1.54, 1.807) is 26.7 Å². The SMILES string of the molecule is C[C@H]1[C@H]([Si](C)(C)O)[C@@H](CCn2cc(C(CO)c3ccccc3)nn2)O[C@]12C(=O)N(Cc1cccc(N3CCCCC3=O)c1)c1ccc([N+](=O)[O-])cc12. The van der Waals surface area contributed by atoms with E-state index in [1.807, 2.05) is 74.6 Å². The van der Waals surface area contributed by atoms with E-state index in [0.717, 1.165) is 29.7 Å². The molecule has 1 unspecified atom stereocenters. The summed E-state index contributed by atoms with van der Waals surface area (Å²) in [7, 11) is -3.01. The third kappa shape index (κ3) is 6.33. The molecule has 7 rings (SSSR count). The molecule has 2 fully saturated rings. The van der Waals surface area contributed by atoms with Crippen LogP contribution in [0.1, 0.15) is 60.9 Å². The Kier molecular flexibility index (Phi) is 9.59. The first-order chi connectivity index (χ1) is 24.9. The number of anilines is 2. The second-order valence-electron chi connectivity index (χ2n) is 14.7. The molecule has 2 N–H and O–H groups in total. The van der Waals surface area contributed by atoms with Gasteiger partial charge in [0.25, 0.3) is 11.6 Å². The number of hydrogen-bond donors (Lipinski definition) is 2. The van der Waals surface area contributed by atoms with E-state index < -0.39 is 36.4 Å². The minimum atomic E-state index is -3.01. The molecule has 2 amide bonds. The van der Waals surface area contributed by atoms with Gasteiger partial charge in [0.15, 0.2) is 13.9 Å². The summed E-state index contributed by atoms with van der Waals surface area (Å²) in [5, 5.41) is 30.9. The summed E-state index contributed by atoms with van der Waals surface area (Å²) in [6, 6.07) is 21.6. The lowest BCUT2D eigenvalue weighted by atomic mass is 9.82. The van der Waals surface area contributed by atoms with Gasteiger partial charge in [-0.2, -0.15) is 0 Å². The van der Waals surface area contributed by atoms with Crippen LogP contribution in [-0.2, 0) is 33.0 Å². The molecule has 3 aliphatic rings. The van der Waals surface area contributed by atoms with Gasteiger partial charge < -0.3 is 24.4 Å². The van der Waals surface area contributed by atoms with Crippen molar-refractivity contribution in [2.75, 3.05) is 23.0 Å². The van der Waals surface area contributed by atoms with Crippen molar-refractivity contribution < 1.29 is 29.2 Å². The number of benzene rings is 3. The lowest BCUT2D eigenvalue weighted by molar-refractivity contribution is -0.385. The Bertz CT molecular complexity index is 1980. The molecule has 0 saturated carbocycles. The largest absolute Gasteiger partial charge is 0.432 e. The number of aromatic nitrogens is 3. The van der Waals surface area contributed by atoms with Gasteiger partial charge in [0.2, 0.25) is 5.91 Å². The number of rotatable bonds is 11. The van der Waals surface area contributed by atoms with Gasteiger partial charge in [-0.1, -0.05) is 54.6 Å². The van der Waals surface area contributed by atoms with Crippen LogP contribution in [0.25, 0.3) is 0 Å². The minimum Gasteiger partial charge on any atom is -0.432 e. The summed E-state index contributed by atoms with van der Waals surface area (Å²) in [5.74, 6) is -1.11. The number of aliphatic hydroxyl groups is 1. The van der Waals surface area contributed by atoms with Crippen LogP contribution in [0.15, 0.2) is 79.0 Å². The third-order valence-electron chi connectivity index (χ3n) is 11.0. The highest BCUT2D eigenvalue weighted by atomic mass is 28.4. The molecule has 1 spiro atoms. The third-order valence-corrected chi connectivity index (χ3v) is 13.5. The quantitative estimate of drug-likeness (QED) is 0.119. The smallest absolute Gasteiger partial charge is 0.269 e. The fraction of sp³-hybridized carbons (Fsp3) is 0.421. The summed E-state index contributed by atoms with van der Waals surface area (Å²) < 4.78 is 8.59. The average Bonchev–Trinajstić information content (AvgIpc) is 3.78. The first-order valence-electron chi connectivity index (χ1n) is 17.9. The van der Waals surface area contributed by atoms with Crippen LogP contribution in [-0.4, -0.2) is 69.2 Å². The van der Waals surface area contributed by atoms with Crippen molar-refractivity contribution in [2.45, 2.75) is 82.0 Å². The Morgan fingerprint density at radius 3 is 2.58 bits per heavy atom. The Morgan fingerprint density at radius 2 is 1.87 bits per heavy atom. The van der Waals surface area contributed by atoms with Gasteiger partial charge in [0, 0.05) is 60.5 Å². The topological polar surface area (TPSA) is 164 Å². The predicted octanol–water partition coefficient (Wildman–Crippen LogP) is 5.26. The summed E-state index contributed by atoms with van der Waals surface area (Å²) in [6.07, 6.45) is 3.92. The number of non-ortho nitro benzene ring substituents is 1. The summed E-state index contributed by atoms with van der Waals surface area (Å²) >= 11 is 0. The number of aliphatic hydroxyl groups excluding tert-OH is 1. The molecule has 0 aliphatic carbocycles. The van der Waals surface area contributed by atoms with Crippen LogP contribution < -0.4 is 9.80 Å². The van der Waals surface area contributed by atoms with Gasteiger partial charge in [0.1, 0.15) is 0 Å². The lowest BCUT2D eigenvalue weighted by Gasteiger charge is -2.32. The van der Waals surface area contributed by atoms with E-state index in [0.29, 0.717) is 42.9 Å².